The van der Waals surface area contributed by atoms with Crippen LogP contribution in [0.2, 0.25) is 0 Å². The van der Waals surface area contributed by atoms with Crippen LogP contribution in [0.25, 0.3) is 5.82 Å². The van der Waals surface area contributed by atoms with Gasteiger partial charge in [-0.05, 0) is 36.8 Å². The Kier molecular flexibility index (Phi) is 4.06. The molecule has 7 nitrogen and oxygen atoms in total. The zero-order chi connectivity index (χ0) is 19.1. The van der Waals surface area contributed by atoms with Gasteiger partial charge in [0, 0.05) is 24.0 Å². The molecule has 0 aliphatic carbocycles. The third-order valence-electron chi connectivity index (χ3n) is 4.49. The Morgan fingerprint density at radius 2 is 2.04 bits per heavy atom. The van der Waals surface area contributed by atoms with Crippen LogP contribution in [0.3, 0.4) is 0 Å². The van der Waals surface area contributed by atoms with Crippen molar-refractivity contribution in [3.63, 3.8) is 0 Å². The van der Waals surface area contributed by atoms with Crippen LogP contribution in [-0.2, 0) is 4.79 Å². The van der Waals surface area contributed by atoms with Gasteiger partial charge < -0.3 is 10.1 Å². The van der Waals surface area contributed by atoms with Crippen molar-refractivity contribution in [1.29, 1.82) is 0 Å². The van der Waals surface area contributed by atoms with E-state index in [0.717, 1.165) is 18.2 Å². The normalized spacial score (nSPS) is 16.0. The third-order valence-corrected chi connectivity index (χ3v) is 4.49. The Bertz CT molecular complexity index is 1030. The Labute approximate surface area is 153 Å². The Morgan fingerprint density at radius 1 is 1.22 bits per heavy atom. The van der Waals surface area contributed by atoms with Crippen molar-refractivity contribution in [2.75, 3.05) is 12.4 Å². The highest BCUT2D eigenvalue weighted by atomic mass is 19.1. The summed E-state index contributed by atoms with van der Waals surface area (Å²) >= 11 is 0. The second-order valence-electron chi connectivity index (χ2n) is 6.16. The molecule has 0 bridgehead atoms. The van der Waals surface area contributed by atoms with Crippen LogP contribution in [0.1, 0.15) is 29.2 Å². The predicted octanol–water partition coefficient (Wildman–Crippen LogP) is 2.73. The van der Waals surface area contributed by atoms with E-state index >= 15 is 0 Å². The molecule has 9 heteroatoms. The Balaban J connectivity index is 1.86. The lowest BCUT2D eigenvalue weighted by Crippen LogP contribution is -2.25. The summed E-state index contributed by atoms with van der Waals surface area (Å²) in [6.45, 7) is 1.74. The molecule has 0 radical (unpaired) electrons. The minimum Gasteiger partial charge on any atom is -0.480 e. The van der Waals surface area contributed by atoms with Gasteiger partial charge in [-0.3, -0.25) is 4.79 Å². The second kappa shape index (κ2) is 6.42. The van der Waals surface area contributed by atoms with E-state index in [1.54, 1.807) is 19.1 Å². The van der Waals surface area contributed by atoms with Crippen molar-refractivity contribution >= 4 is 11.7 Å². The Morgan fingerprint density at radius 3 is 2.74 bits per heavy atom. The Hall–Kier alpha value is -3.36. The quantitative estimate of drug-likeness (QED) is 0.766. The molecule has 1 aliphatic rings. The van der Waals surface area contributed by atoms with Gasteiger partial charge in [0.15, 0.2) is 5.82 Å². The van der Waals surface area contributed by atoms with Gasteiger partial charge in [0.1, 0.15) is 17.5 Å². The van der Waals surface area contributed by atoms with E-state index in [-0.39, 0.29) is 17.9 Å². The molecular weight excluding hydrogens is 356 g/mol. The highest BCUT2D eigenvalue weighted by Gasteiger charge is 2.34. The minimum atomic E-state index is -0.649. The van der Waals surface area contributed by atoms with E-state index in [2.05, 4.69) is 20.6 Å². The highest BCUT2D eigenvalue weighted by Crippen LogP contribution is 2.40. The lowest BCUT2D eigenvalue weighted by molar-refractivity contribution is -0.116. The zero-order valence-corrected chi connectivity index (χ0v) is 14.5. The molecular formula is C18H15F2N5O2. The van der Waals surface area contributed by atoms with Crippen molar-refractivity contribution in [3.8, 4) is 11.7 Å². The van der Waals surface area contributed by atoms with E-state index in [0.29, 0.717) is 28.8 Å². The maximum absolute atomic E-state index is 14.4. The summed E-state index contributed by atoms with van der Waals surface area (Å²) in [6.07, 6.45) is -0.00576. The first-order valence-electron chi connectivity index (χ1n) is 8.20. The lowest BCUT2D eigenvalue weighted by Gasteiger charge is -2.24. The maximum atomic E-state index is 14.4. The van der Waals surface area contributed by atoms with Crippen LogP contribution in [0, 0.1) is 18.6 Å². The van der Waals surface area contributed by atoms with Crippen LogP contribution >= 0.6 is 0 Å². The summed E-state index contributed by atoms with van der Waals surface area (Å²) in [6, 6.07) is 6.47. The number of ether oxygens (including phenoxy) is 1. The van der Waals surface area contributed by atoms with E-state index in [9.17, 15) is 13.6 Å². The second-order valence-corrected chi connectivity index (χ2v) is 6.16. The van der Waals surface area contributed by atoms with Crippen LogP contribution in [0.4, 0.5) is 14.6 Å². The van der Waals surface area contributed by atoms with Crippen LogP contribution in [-0.4, -0.2) is 33.0 Å². The van der Waals surface area contributed by atoms with Crippen molar-refractivity contribution in [2.24, 2.45) is 0 Å². The number of carbonyl (C=O) groups excluding carboxylic acids is 1. The van der Waals surface area contributed by atoms with Crippen LogP contribution in [0.15, 0.2) is 30.3 Å². The standard InChI is InChI=1S/C18H15F2N5O2/c1-9-17-12(11-7-10(19)3-4-13(11)20)8-15(26)21-18(17)25(24-9)14-5-6-16(27-2)23-22-14/h3-7,12H,8H2,1-2H3,(H,21,26)/t12-/m0/s1. The van der Waals surface area contributed by atoms with E-state index in [1.807, 2.05) is 0 Å². The predicted molar refractivity (Wildman–Crippen MR) is 91.9 cm³/mol. The molecule has 0 fully saturated rings. The number of rotatable bonds is 3. The number of nitrogens with one attached hydrogen (secondary N) is 1. The molecule has 1 aliphatic heterocycles. The number of aromatic nitrogens is 4. The van der Waals surface area contributed by atoms with Crippen molar-refractivity contribution in [3.05, 3.63) is 58.8 Å². The van der Waals surface area contributed by atoms with Gasteiger partial charge in [-0.15, -0.1) is 10.2 Å². The van der Waals surface area contributed by atoms with Gasteiger partial charge in [-0.25, -0.2) is 8.78 Å². The number of fused-ring (bicyclic) bond motifs is 1. The molecule has 27 heavy (non-hydrogen) atoms. The molecule has 3 aromatic rings. The van der Waals surface area contributed by atoms with Gasteiger partial charge in [0.05, 0.1) is 12.8 Å². The van der Waals surface area contributed by atoms with Gasteiger partial charge in [-0.2, -0.15) is 9.78 Å². The number of hydrogen-bond acceptors (Lipinski definition) is 5. The molecule has 0 spiro atoms. The number of hydrogen-bond donors (Lipinski definition) is 1. The van der Waals surface area contributed by atoms with Crippen molar-refractivity contribution in [2.45, 2.75) is 19.3 Å². The van der Waals surface area contributed by atoms with Gasteiger partial charge in [-0.1, -0.05) is 0 Å². The summed E-state index contributed by atoms with van der Waals surface area (Å²) < 4.78 is 34.5. The fourth-order valence-corrected chi connectivity index (χ4v) is 3.30. The van der Waals surface area contributed by atoms with Crippen LogP contribution in [0.5, 0.6) is 5.88 Å². The summed E-state index contributed by atoms with van der Waals surface area (Å²) in [5.41, 5.74) is 1.32. The summed E-state index contributed by atoms with van der Waals surface area (Å²) in [5, 5.41) is 15.1. The lowest BCUT2D eigenvalue weighted by atomic mass is 9.85. The van der Waals surface area contributed by atoms with Crippen LogP contribution < -0.4 is 10.1 Å². The molecule has 0 saturated carbocycles. The monoisotopic (exact) mass is 371 g/mol. The molecule has 4 rings (SSSR count). The first-order chi connectivity index (χ1) is 13.0. The summed E-state index contributed by atoms with van der Waals surface area (Å²) in [5.74, 6) is -1.04. The molecule has 1 aromatic carbocycles. The number of anilines is 1. The zero-order valence-electron chi connectivity index (χ0n) is 14.5. The fourth-order valence-electron chi connectivity index (χ4n) is 3.30. The molecule has 0 unspecified atom stereocenters. The number of carbonyl (C=O) groups is 1. The average molecular weight is 371 g/mol. The van der Waals surface area contributed by atoms with E-state index in [1.165, 1.54) is 11.8 Å². The summed E-state index contributed by atoms with van der Waals surface area (Å²) in [4.78, 5) is 12.3. The largest absolute Gasteiger partial charge is 0.480 e. The number of amides is 1. The molecule has 1 amide bonds. The third kappa shape index (κ3) is 2.90. The molecule has 3 heterocycles. The van der Waals surface area contributed by atoms with E-state index < -0.39 is 17.6 Å². The van der Waals surface area contributed by atoms with E-state index in [4.69, 9.17) is 4.74 Å². The number of benzene rings is 1. The number of methoxy groups -OCH3 is 1. The SMILES string of the molecule is COc1ccc(-n2nc(C)c3c2NC(=O)C[C@H]3c2cc(F)ccc2F)nn1. The van der Waals surface area contributed by atoms with Crippen molar-refractivity contribution < 1.29 is 18.3 Å². The minimum absolute atomic E-state index is 0.00576. The molecule has 138 valence electrons. The number of nitrogens with zero attached hydrogens (tertiary/aromatic N) is 4. The number of aryl methyl sites for hydroxylation is 1. The molecule has 2 aromatic heterocycles. The number of halogens is 2. The van der Waals surface area contributed by atoms with Gasteiger partial charge in [0.2, 0.25) is 11.8 Å². The van der Waals surface area contributed by atoms with Crippen molar-refractivity contribution in [1.82, 2.24) is 20.0 Å². The van der Waals surface area contributed by atoms with Gasteiger partial charge >= 0.3 is 0 Å². The fraction of sp³-hybridized carbons (Fsp3) is 0.222. The molecule has 0 saturated heterocycles. The first kappa shape index (κ1) is 17.1. The molecule has 1 atom stereocenters. The summed E-state index contributed by atoms with van der Waals surface area (Å²) in [7, 11) is 1.47. The average Bonchev–Trinajstić information content (AvgIpc) is 2.99. The topological polar surface area (TPSA) is 81.9 Å². The first-order valence-corrected chi connectivity index (χ1v) is 8.20. The smallest absolute Gasteiger partial charge is 0.233 e. The molecule has 1 N–H and O–H groups in total. The maximum Gasteiger partial charge on any atom is 0.233 e. The van der Waals surface area contributed by atoms with Gasteiger partial charge in [0.25, 0.3) is 0 Å². The highest BCUT2D eigenvalue weighted by molar-refractivity contribution is 5.95.